The molecule has 0 spiro atoms. The van der Waals surface area contributed by atoms with E-state index >= 15 is 0 Å². The fraction of sp³-hybridized carbons (Fsp3) is 0. The van der Waals surface area contributed by atoms with Gasteiger partial charge in [-0.05, 0) is 5.56 Å². The van der Waals surface area contributed by atoms with Crippen LogP contribution in [0, 0.1) is 6.07 Å². The molecule has 0 heterocycles. The molecule has 0 aromatic heterocycles. The van der Waals surface area contributed by atoms with Gasteiger partial charge in [-0.15, -0.1) is 23.6 Å². The van der Waals surface area contributed by atoms with Crippen LogP contribution in [-0.4, -0.2) is 22.2 Å². The Morgan fingerprint density at radius 1 is 1.06 bits per heavy atom. The molecule has 2 aromatic carbocycles. The van der Waals surface area contributed by atoms with E-state index < -0.39 is 11.9 Å². The van der Waals surface area contributed by atoms with Gasteiger partial charge in [0.1, 0.15) is 0 Å². The third-order valence-corrected chi connectivity index (χ3v) is 2.23. The minimum Gasteiger partial charge on any atom is -0.512 e. The van der Waals surface area contributed by atoms with E-state index in [0.717, 1.165) is 0 Å². The Balaban J connectivity index is 0.00000144. The Labute approximate surface area is 109 Å². The van der Waals surface area contributed by atoms with Crippen molar-refractivity contribution in [3.8, 4) is 0 Å². The largest absolute Gasteiger partial charge is 1.00 e. The van der Waals surface area contributed by atoms with Crippen LogP contribution in [-0.2, 0) is 0 Å². The van der Waals surface area contributed by atoms with Crippen LogP contribution in [0.5, 0.6) is 0 Å². The van der Waals surface area contributed by atoms with Gasteiger partial charge < -0.3 is 10.2 Å². The van der Waals surface area contributed by atoms with Gasteiger partial charge in [-0.25, -0.2) is 0 Å². The Hall–Kier alpha value is -1.76. The van der Waals surface area contributed by atoms with Crippen molar-refractivity contribution in [2.24, 2.45) is 0 Å². The second kappa shape index (κ2) is 5.05. The third-order valence-electron chi connectivity index (χ3n) is 2.23. The van der Waals surface area contributed by atoms with Crippen LogP contribution in [0.4, 0.5) is 0 Å². The molecule has 17 heavy (non-hydrogen) atoms. The maximum Gasteiger partial charge on any atom is 1.00 e. The van der Waals surface area contributed by atoms with Gasteiger partial charge in [0.15, 0.2) is 0 Å². The number of benzene rings is 2. The average molecular weight is 222 g/mol. The standard InChI is InChI=1S/C12H7O4.Li/c13-11(14)9-5-7-3-1-2-4-8(7)6-10(9)12(15)16;/h1-5H,(H,13,14)(H,15,16);/q-1;+1. The maximum atomic E-state index is 10.9. The molecule has 0 bridgehead atoms. The van der Waals surface area contributed by atoms with E-state index in [1.165, 1.54) is 6.07 Å². The molecular formula is C12H7LiO4. The minimum absolute atomic E-state index is 0. The molecular weight excluding hydrogens is 215 g/mol. The predicted molar refractivity (Wildman–Crippen MR) is 56.7 cm³/mol. The van der Waals surface area contributed by atoms with Crippen LogP contribution in [0.2, 0.25) is 0 Å². The van der Waals surface area contributed by atoms with Crippen LogP contribution >= 0.6 is 0 Å². The van der Waals surface area contributed by atoms with E-state index in [9.17, 15) is 9.59 Å². The minimum atomic E-state index is -1.29. The number of carbonyl (C=O) groups is 2. The Morgan fingerprint density at radius 2 is 1.71 bits per heavy atom. The van der Waals surface area contributed by atoms with E-state index in [2.05, 4.69) is 6.07 Å². The summed E-state index contributed by atoms with van der Waals surface area (Å²) in [5, 5.41) is 19.0. The fourth-order valence-electron chi connectivity index (χ4n) is 1.50. The van der Waals surface area contributed by atoms with Gasteiger partial charge in [-0.2, -0.15) is 0 Å². The van der Waals surface area contributed by atoms with E-state index in [1.807, 2.05) is 0 Å². The van der Waals surface area contributed by atoms with E-state index in [1.54, 1.807) is 24.3 Å². The van der Waals surface area contributed by atoms with Crippen LogP contribution in [0.15, 0.2) is 30.3 Å². The summed E-state index contributed by atoms with van der Waals surface area (Å²) >= 11 is 0. The van der Waals surface area contributed by atoms with Crippen molar-refractivity contribution in [2.45, 2.75) is 0 Å². The van der Waals surface area contributed by atoms with E-state index in [-0.39, 0.29) is 30.0 Å². The second-order valence-electron chi connectivity index (χ2n) is 3.26. The molecule has 0 aliphatic heterocycles. The molecule has 0 fully saturated rings. The summed E-state index contributed by atoms with van der Waals surface area (Å²) in [4.78, 5) is 21.8. The molecule has 80 valence electrons. The van der Waals surface area contributed by atoms with Crippen molar-refractivity contribution in [3.05, 3.63) is 47.5 Å². The first-order valence-corrected chi connectivity index (χ1v) is 4.51. The summed E-state index contributed by atoms with van der Waals surface area (Å²) in [5.74, 6) is -2.55. The fourth-order valence-corrected chi connectivity index (χ4v) is 1.50. The molecule has 4 nitrogen and oxygen atoms in total. The van der Waals surface area contributed by atoms with Crippen LogP contribution < -0.4 is 18.9 Å². The van der Waals surface area contributed by atoms with Crippen molar-refractivity contribution in [2.75, 3.05) is 0 Å². The molecule has 0 saturated heterocycles. The number of carboxylic acids is 2. The number of fused-ring (bicyclic) bond motifs is 1. The van der Waals surface area contributed by atoms with Crippen molar-refractivity contribution < 1.29 is 38.7 Å². The maximum absolute atomic E-state index is 10.9. The first-order chi connectivity index (χ1) is 7.59. The smallest absolute Gasteiger partial charge is 0.512 e. The summed E-state index contributed by atoms with van der Waals surface area (Å²) < 4.78 is 0. The molecule has 0 radical (unpaired) electrons. The molecule has 2 aromatic rings. The number of carboxylic acid groups (broad SMARTS) is 2. The first-order valence-electron chi connectivity index (χ1n) is 4.51. The normalized spacial score (nSPS) is 9.65. The van der Waals surface area contributed by atoms with Crippen molar-refractivity contribution >= 4 is 22.7 Å². The SMILES string of the molecule is O=C(O)c1[c-]c2ccccc2cc1C(=O)O.[Li+]. The molecule has 0 unspecified atom stereocenters. The molecule has 0 aliphatic rings. The number of hydrogen-bond acceptors (Lipinski definition) is 2. The average Bonchev–Trinajstić information content (AvgIpc) is 2.27. The molecule has 5 heteroatoms. The van der Waals surface area contributed by atoms with Crippen LogP contribution in [0.1, 0.15) is 20.7 Å². The summed E-state index contributed by atoms with van der Waals surface area (Å²) in [7, 11) is 0. The molecule has 0 saturated carbocycles. The first kappa shape index (κ1) is 13.3. The predicted octanol–water partition coefficient (Wildman–Crippen LogP) is -0.960. The Bertz CT molecular complexity index is 540. The molecule has 2 N–H and O–H groups in total. The zero-order chi connectivity index (χ0) is 11.7. The zero-order valence-electron chi connectivity index (χ0n) is 9.10. The molecule has 0 atom stereocenters. The summed E-state index contributed by atoms with van der Waals surface area (Å²) in [6.07, 6.45) is 0. The summed E-state index contributed by atoms with van der Waals surface area (Å²) in [5.41, 5.74) is -0.558. The quantitative estimate of drug-likeness (QED) is 0.507. The Kier molecular flexibility index (Phi) is 3.95. The monoisotopic (exact) mass is 222 g/mol. The van der Waals surface area contributed by atoms with Crippen LogP contribution in [0.3, 0.4) is 0 Å². The van der Waals surface area contributed by atoms with Gasteiger partial charge in [0.05, 0.1) is 0 Å². The number of rotatable bonds is 2. The zero-order valence-corrected chi connectivity index (χ0v) is 9.10. The molecule has 2 rings (SSSR count). The Morgan fingerprint density at radius 3 is 2.29 bits per heavy atom. The van der Waals surface area contributed by atoms with Gasteiger partial charge in [-0.3, -0.25) is 9.59 Å². The second-order valence-corrected chi connectivity index (χ2v) is 3.26. The van der Waals surface area contributed by atoms with Crippen molar-refractivity contribution in [3.63, 3.8) is 0 Å². The van der Waals surface area contributed by atoms with Gasteiger partial charge in [0.2, 0.25) is 0 Å². The number of hydrogen-bond donors (Lipinski definition) is 2. The molecule has 0 amide bonds. The number of aromatic carboxylic acids is 2. The summed E-state index contributed by atoms with van der Waals surface area (Å²) in [6.45, 7) is 0. The van der Waals surface area contributed by atoms with Crippen LogP contribution in [0.25, 0.3) is 10.8 Å². The van der Waals surface area contributed by atoms with E-state index in [4.69, 9.17) is 10.2 Å². The topological polar surface area (TPSA) is 74.6 Å². The van der Waals surface area contributed by atoms with Crippen molar-refractivity contribution in [1.29, 1.82) is 0 Å². The van der Waals surface area contributed by atoms with Crippen molar-refractivity contribution in [1.82, 2.24) is 0 Å². The third kappa shape index (κ3) is 2.49. The van der Waals surface area contributed by atoms with E-state index in [0.29, 0.717) is 10.8 Å². The molecule has 0 aliphatic carbocycles. The van der Waals surface area contributed by atoms with Gasteiger partial charge in [-0.1, -0.05) is 23.6 Å². The van der Waals surface area contributed by atoms with Gasteiger partial charge in [0, 0.05) is 5.56 Å². The summed E-state index contributed by atoms with van der Waals surface area (Å²) in [6, 6.07) is 10.8. The van der Waals surface area contributed by atoms with Gasteiger partial charge >= 0.3 is 24.8 Å². The van der Waals surface area contributed by atoms with Gasteiger partial charge in [0.25, 0.3) is 5.97 Å².